The quantitative estimate of drug-likeness (QED) is 0.682. The lowest BCUT2D eigenvalue weighted by Gasteiger charge is -1.94. The van der Waals surface area contributed by atoms with Gasteiger partial charge in [-0.3, -0.25) is 0 Å². The number of aromatic nitrogens is 3. The zero-order chi connectivity index (χ0) is 12.2. The first kappa shape index (κ1) is 11.4. The number of rotatable bonds is 4. The van der Waals surface area contributed by atoms with E-state index >= 15 is 0 Å². The van der Waals surface area contributed by atoms with Crippen LogP contribution < -0.4 is 0 Å². The number of thioether (sulfide) groups is 1. The van der Waals surface area contributed by atoms with Crippen LogP contribution in [-0.2, 0) is 5.75 Å². The normalized spacial score (nSPS) is 10.7. The van der Waals surface area contributed by atoms with Gasteiger partial charge in [-0.05, 0) is 23.6 Å². The van der Waals surface area contributed by atoms with Gasteiger partial charge in [-0.1, -0.05) is 23.0 Å². The van der Waals surface area contributed by atoms with Gasteiger partial charge in [-0.25, -0.2) is 4.98 Å². The molecule has 0 aliphatic heterocycles. The van der Waals surface area contributed by atoms with Gasteiger partial charge in [-0.15, -0.1) is 0 Å². The SMILES string of the molecule is c1ccc(SCc2nc(-c3ccsc3)no2)nc1. The molecule has 0 saturated heterocycles. The van der Waals surface area contributed by atoms with Gasteiger partial charge in [0.05, 0.1) is 10.8 Å². The highest BCUT2D eigenvalue weighted by Crippen LogP contribution is 2.22. The Balaban J connectivity index is 1.68. The molecule has 0 fully saturated rings. The fraction of sp³-hybridized carbons (Fsp3) is 0.0833. The Morgan fingerprint density at radius 3 is 3.06 bits per heavy atom. The number of hydrogen-bond donors (Lipinski definition) is 0. The lowest BCUT2D eigenvalue weighted by molar-refractivity contribution is 0.391. The fourth-order valence-electron chi connectivity index (χ4n) is 1.39. The number of thiophene rings is 1. The van der Waals surface area contributed by atoms with Gasteiger partial charge < -0.3 is 4.52 Å². The van der Waals surface area contributed by atoms with Crippen LogP contribution in [0.2, 0.25) is 0 Å². The Labute approximate surface area is 112 Å². The summed E-state index contributed by atoms with van der Waals surface area (Å²) in [6.07, 6.45) is 1.77. The third-order valence-corrected chi connectivity index (χ3v) is 3.84. The highest BCUT2D eigenvalue weighted by molar-refractivity contribution is 7.98. The monoisotopic (exact) mass is 275 g/mol. The lowest BCUT2D eigenvalue weighted by Crippen LogP contribution is -1.83. The van der Waals surface area contributed by atoms with Crippen LogP contribution >= 0.6 is 23.1 Å². The molecule has 0 atom stereocenters. The Hall–Kier alpha value is -1.66. The molecule has 0 bridgehead atoms. The second-order valence-electron chi connectivity index (χ2n) is 3.48. The van der Waals surface area contributed by atoms with Crippen LogP contribution in [0.15, 0.2) is 50.8 Å². The van der Waals surface area contributed by atoms with Crippen LogP contribution in [0.4, 0.5) is 0 Å². The van der Waals surface area contributed by atoms with E-state index in [1.165, 1.54) is 0 Å². The lowest BCUT2D eigenvalue weighted by atomic mass is 10.3. The van der Waals surface area contributed by atoms with Crippen molar-refractivity contribution >= 4 is 23.1 Å². The fourth-order valence-corrected chi connectivity index (χ4v) is 2.72. The highest BCUT2D eigenvalue weighted by Gasteiger charge is 2.09. The predicted molar refractivity (Wildman–Crippen MR) is 71.4 cm³/mol. The predicted octanol–water partition coefficient (Wildman–Crippen LogP) is 3.49. The Kier molecular flexibility index (Phi) is 3.38. The van der Waals surface area contributed by atoms with Crippen molar-refractivity contribution in [3.63, 3.8) is 0 Å². The van der Waals surface area contributed by atoms with E-state index < -0.39 is 0 Å². The first-order chi connectivity index (χ1) is 8.92. The summed E-state index contributed by atoms with van der Waals surface area (Å²) < 4.78 is 5.21. The molecule has 4 nitrogen and oxygen atoms in total. The first-order valence-electron chi connectivity index (χ1n) is 5.31. The van der Waals surface area contributed by atoms with E-state index in [1.807, 2.05) is 35.0 Å². The van der Waals surface area contributed by atoms with Crippen LogP contribution in [0.3, 0.4) is 0 Å². The zero-order valence-corrected chi connectivity index (χ0v) is 10.9. The Bertz CT molecular complexity index is 607. The summed E-state index contributed by atoms with van der Waals surface area (Å²) in [5, 5.41) is 8.90. The number of hydrogen-bond acceptors (Lipinski definition) is 6. The van der Waals surface area contributed by atoms with Crippen LogP contribution in [-0.4, -0.2) is 15.1 Å². The van der Waals surface area contributed by atoms with Crippen molar-refractivity contribution in [2.75, 3.05) is 0 Å². The molecule has 0 spiro atoms. The van der Waals surface area contributed by atoms with Crippen molar-refractivity contribution in [3.05, 3.63) is 47.1 Å². The molecule has 90 valence electrons. The molecule has 6 heteroatoms. The molecule has 3 rings (SSSR count). The van der Waals surface area contributed by atoms with E-state index in [1.54, 1.807) is 29.3 Å². The maximum atomic E-state index is 5.21. The molecule has 3 aromatic rings. The molecule has 0 aromatic carbocycles. The Morgan fingerprint density at radius 2 is 2.28 bits per heavy atom. The second-order valence-corrected chi connectivity index (χ2v) is 5.26. The Morgan fingerprint density at radius 1 is 1.28 bits per heavy atom. The van der Waals surface area contributed by atoms with Gasteiger partial charge in [0.2, 0.25) is 11.7 Å². The summed E-state index contributed by atoms with van der Waals surface area (Å²) in [5.74, 6) is 1.90. The van der Waals surface area contributed by atoms with Crippen LogP contribution in [0.5, 0.6) is 0 Å². The van der Waals surface area contributed by atoms with Gasteiger partial charge in [0.25, 0.3) is 0 Å². The van der Waals surface area contributed by atoms with E-state index in [0.717, 1.165) is 10.6 Å². The molecule has 0 amide bonds. The molecule has 0 aliphatic rings. The standard InChI is InChI=1S/C12H9N3OS2/c1-2-5-13-11(3-1)18-8-10-14-12(15-16-10)9-4-6-17-7-9/h1-7H,8H2. The van der Waals surface area contributed by atoms with Crippen molar-refractivity contribution < 1.29 is 4.52 Å². The third kappa shape index (κ3) is 2.60. The largest absolute Gasteiger partial charge is 0.338 e. The van der Waals surface area contributed by atoms with Gasteiger partial charge in [0.1, 0.15) is 0 Å². The van der Waals surface area contributed by atoms with E-state index in [-0.39, 0.29) is 0 Å². The second kappa shape index (κ2) is 5.32. The molecule has 0 N–H and O–H groups in total. The molecule has 18 heavy (non-hydrogen) atoms. The third-order valence-electron chi connectivity index (χ3n) is 2.23. The van der Waals surface area contributed by atoms with Crippen LogP contribution in [0.1, 0.15) is 5.89 Å². The minimum atomic E-state index is 0.617. The average molecular weight is 275 g/mol. The molecule has 3 heterocycles. The zero-order valence-electron chi connectivity index (χ0n) is 9.31. The van der Waals surface area contributed by atoms with Gasteiger partial charge in [-0.2, -0.15) is 16.3 Å². The highest BCUT2D eigenvalue weighted by atomic mass is 32.2. The minimum absolute atomic E-state index is 0.617. The van der Waals surface area contributed by atoms with Gasteiger partial charge in [0, 0.05) is 17.1 Å². The molecular weight excluding hydrogens is 266 g/mol. The van der Waals surface area contributed by atoms with Crippen molar-refractivity contribution in [2.24, 2.45) is 0 Å². The first-order valence-corrected chi connectivity index (χ1v) is 7.23. The van der Waals surface area contributed by atoms with Crippen LogP contribution in [0, 0.1) is 0 Å². The summed E-state index contributed by atoms with van der Waals surface area (Å²) in [5.41, 5.74) is 0.998. The van der Waals surface area contributed by atoms with Crippen molar-refractivity contribution in [2.45, 2.75) is 10.8 Å². The smallest absolute Gasteiger partial charge is 0.237 e. The van der Waals surface area contributed by atoms with E-state index in [9.17, 15) is 0 Å². The van der Waals surface area contributed by atoms with E-state index in [4.69, 9.17) is 4.52 Å². The van der Waals surface area contributed by atoms with Crippen molar-refractivity contribution in [1.29, 1.82) is 0 Å². The molecular formula is C12H9N3OS2. The van der Waals surface area contributed by atoms with Crippen LogP contribution in [0.25, 0.3) is 11.4 Å². The van der Waals surface area contributed by atoms with E-state index in [0.29, 0.717) is 17.5 Å². The maximum Gasteiger partial charge on any atom is 0.237 e. The molecule has 0 unspecified atom stereocenters. The summed E-state index contributed by atoms with van der Waals surface area (Å²) in [6, 6.07) is 7.79. The number of pyridine rings is 1. The summed E-state index contributed by atoms with van der Waals surface area (Å²) in [6.45, 7) is 0. The van der Waals surface area contributed by atoms with E-state index in [2.05, 4.69) is 15.1 Å². The minimum Gasteiger partial charge on any atom is -0.338 e. The molecule has 0 saturated carbocycles. The topological polar surface area (TPSA) is 51.8 Å². The maximum absolute atomic E-state index is 5.21. The molecule has 0 radical (unpaired) electrons. The summed E-state index contributed by atoms with van der Waals surface area (Å²) in [7, 11) is 0. The summed E-state index contributed by atoms with van der Waals surface area (Å²) in [4.78, 5) is 8.57. The van der Waals surface area contributed by atoms with Gasteiger partial charge in [0.15, 0.2) is 0 Å². The van der Waals surface area contributed by atoms with Crippen molar-refractivity contribution in [3.8, 4) is 11.4 Å². The summed E-state index contributed by atoms with van der Waals surface area (Å²) >= 11 is 3.20. The van der Waals surface area contributed by atoms with Gasteiger partial charge >= 0.3 is 0 Å². The number of nitrogens with zero attached hydrogens (tertiary/aromatic N) is 3. The molecule has 0 aliphatic carbocycles. The molecule has 3 aromatic heterocycles. The average Bonchev–Trinajstić information content (AvgIpc) is 3.08. The van der Waals surface area contributed by atoms with Crippen molar-refractivity contribution in [1.82, 2.24) is 15.1 Å².